The van der Waals surface area contributed by atoms with Crippen LogP contribution in [0.15, 0.2) is 0 Å². The van der Waals surface area contributed by atoms with Crippen molar-refractivity contribution in [2.45, 2.75) is 62.7 Å². The van der Waals surface area contributed by atoms with E-state index in [1.807, 2.05) is 0 Å². The van der Waals surface area contributed by atoms with Crippen LogP contribution < -0.4 is 27.4 Å². The molecule has 11 N–H and O–H groups in total. The number of nitrogens with two attached hydrogens (primary N) is 2. The molecule has 4 atom stereocenters. The molecule has 3 amide bonds. The van der Waals surface area contributed by atoms with Crippen molar-refractivity contribution in [2.75, 3.05) is 13.2 Å². The van der Waals surface area contributed by atoms with Gasteiger partial charge in [-0.05, 0) is 32.2 Å². The highest BCUT2D eigenvalue weighted by Crippen LogP contribution is 2.05. The highest BCUT2D eigenvalue weighted by Gasteiger charge is 2.30. The fraction of sp³-hybridized carbons (Fsp3) is 0.667. The fourth-order valence-corrected chi connectivity index (χ4v) is 2.59. The van der Waals surface area contributed by atoms with Gasteiger partial charge in [-0.25, -0.2) is 4.79 Å². The Morgan fingerprint density at radius 3 is 1.70 bits per heavy atom. The van der Waals surface area contributed by atoms with Crippen LogP contribution in [0.1, 0.15) is 38.5 Å². The number of nitrogens with one attached hydrogen (secondary N) is 3. The topological polar surface area (TPSA) is 271 Å². The molecule has 0 aromatic heterocycles. The number of unbranched alkanes of at least 4 members (excludes halogenated alkanes) is 1. The van der Waals surface area contributed by atoms with Crippen molar-refractivity contribution in [3.05, 3.63) is 0 Å². The van der Waals surface area contributed by atoms with Gasteiger partial charge in [-0.3, -0.25) is 24.0 Å². The maximum Gasteiger partial charge on any atom is 0.328 e. The molecule has 0 aromatic carbocycles. The van der Waals surface area contributed by atoms with Gasteiger partial charge in [-0.2, -0.15) is 0 Å². The molecule has 33 heavy (non-hydrogen) atoms. The summed E-state index contributed by atoms with van der Waals surface area (Å²) in [6.45, 7) is -0.612. The number of hydrogen-bond donors (Lipinski definition) is 9. The van der Waals surface area contributed by atoms with Gasteiger partial charge in [0.1, 0.15) is 18.1 Å². The number of rotatable bonds is 17. The Labute approximate surface area is 188 Å². The summed E-state index contributed by atoms with van der Waals surface area (Å²) in [6, 6.07) is -5.88. The van der Waals surface area contributed by atoms with Crippen LogP contribution in [0.3, 0.4) is 0 Å². The second kappa shape index (κ2) is 15.5. The summed E-state index contributed by atoms with van der Waals surface area (Å²) in [5.41, 5.74) is 10.9. The first-order valence-electron chi connectivity index (χ1n) is 10.1. The molecule has 0 rings (SSSR count). The molecule has 0 spiro atoms. The van der Waals surface area contributed by atoms with E-state index in [0.717, 1.165) is 0 Å². The lowest BCUT2D eigenvalue weighted by molar-refractivity contribution is -0.143. The number of carboxylic acids is 3. The number of carbonyl (C=O) groups is 6. The summed E-state index contributed by atoms with van der Waals surface area (Å²) < 4.78 is 0. The quantitative estimate of drug-likeness (QED) is 0.0916. The molecule has 15 nitrogen and oxygen atoms in total. The van der Waals surface area contributed by atoms with Crippen molar-refractivity contribution in [1.82, 2.24) is 16.0 Å². The van der Waals surface area contributed by atoms with Crippen LogP contribution in [-0.2, 0) is 28.8 Å². The molecule has 0 bridgehead atoms. The van der Waals surface area contributed by atoms with Crippen molar-refractivity contribution < 1.29 is 49.2 Å². The summed E-state index contributed by atoms with van der Waals surface area (Å²) in [5.74, 6) is -7.04. The standard InChI is InChI=1S/C18H31N5O10/c19-6-2-1-3-10(16(30)23-12(8-24)18(32)33)22-17(31)11(4-5-13(25)26)21-15(29)9(20)7-14(27)28/h9-12,24H,1-8,19-20H2,(H,21,29)(H,22,31)(H,23,30)(H,25,26)(H,27,28)(H,32,33). The summed E-state index contributed by atoms with van der Waals surface area (Å²) in [4.78, 5) is 70.0. The molecule has 4 unspecified atom stereocenters. The van der Waals surface area contributed by atoms with Crippen LogP contribution in [0.4, 0.5) is 0 Å². The maximum absolute atomic E-state index is 12.7. The van der Waals surface area contributed by atoms with Gasteiger partial charge in [0.25, 0.3) is 0 Å². The minimum absolute atomic E-state index is 0.0324. The third kappa shape index (κ3) is 12.4. The smallest absolute Gasteiger partial charge is 0.328 e. The number of amides is 3. The molecule has 0 aliphatic heterocycles. The Kier molecular flexibility index (Phi) is 13.9. The fourth-order valence-electron chi connectivity index (χ4n) is 2.59. The predicted molar refractivity (Wildman–Crippen MR) is 111 cm³/mol. The average molecular weight is 477 g/mol. The number of hydrogen-bond acceptors (Lipinski definition) is 9. The van der Waals surface area contributed by atoms with Gasteiger partial charge in [0.2, 0.25) is 17.7 Å². The van der Waals surface area contributed by atoms with Crippen molar-refractivity contribution in [3.63, 3.8) is 0 Å². The normalized spacial score (nSPS) is 14.3. The second-order valence-electron chi connectivity index (χ2n) is 7.13. The van der Waals surface area contributed by atoms with E-state index >= 15 is 0 Å². The van der Waals surface area contributed by atoms with Crippen molar-refractivity contribution in [1.29, 1.82) is 0 Å². The van der Waals surface area contributed by atoms with Gasteiger partial charge in [0, 0.05) is 6.42 Å². The molecular formula is C18H31N5O10. The van der Waals surface area contributed by atoms with Gasteiger partial charge < -0.3 is 47.8 Å². The van der Waals surface area contributed by atoms with E-state index in [9.17, 15) is 28.8 Å². The highest BCUT2D eigenvalue weighted by atomic mass is 16.4. The predicted octanol–water partition coefficient (Wildman–Crippen LogP) is -3.69. The lowest BCUT2D eigenvalue weighted by Crippen LogP contribution is -2.57. The Balaban J connectivity index is 5.49. The first-order valence-corrected chi connectivity index (χ1v) is 10.1. The van der Waals surface area contributed by atoms with Gasteiger partial charge >= 0.3 is 17.9 Å². The molecule has 0 saturated carbocycles. The minimum Gasteiger partial charge on any atom is -0.481 e. The Morgan fingerprint density at radius 2 is 1.24 bits per heavy atom. The van der Waals surface area contributed by atoms with Gasteiger partial charge in [-0.1, -0.05) is 0 Å². The van der Waals surface area contributed by atoms with Gasteiger partial charge in [-0.15, -0.1) is 0 Å². The summed E-state index contributed by atoms with van der Waals surface area (Å²) in [7, 11) is 0. The number of aliphatic hydroxyl groups is 1. The van der Waals surface area contributed by atoms with Gasteiger partial charge in [0.05, 0.1) is 19.1 Å². The first-order chi connectivity index (χ1) is 15.4. The summed E-state index contributed by atoms with van der Waals surface area (Å²) in [5, 5.41) is 42.3. The second-order valence-corrected chi connectivity index (χ2v) is 7.13. The molecule has 0 fully saturated rings. The van der Waals surface area contributed by atoms with Crippen LogP contribution in [0, 0.1) is 0 Å². The molecule has 0 heterocycles. The van der Waals surface area contributed by atoms with E-state index in [2.05, 4.69) is 16.0 Å². The van der Waals surface area contributed by atoms with Crippen molar-refractivity contribution >= 4 is 35.6 Å². The SMILES string of the molecule is NCCCCC(NC(=O)C(CCC(=O)O)NC(=O)C(N)CC(=O)O)C(=O)NC(CO)C(=O)O. The number of carbonyl (C=O) groups excluding carboxylic acids is 3. The lowest BCUT2D eigenvalue weighted by Gasteiger charge is -2.24. The minimum atomic E-state index is -1.62. The third-order valence-corrected chi connectivity index (χ3v) is 4.39. The van der Waals surface area contributed by atoms with E-state index in [1.54, 1.807) is 0 Å². The number of aliphatic carboxylic acids is 3. The summed E-state index contributed by atoms with van der Waals surface area (Å²) >= 11 is 0. The van der Waals surface area contributed by atoms with E-state index in [-0.39, 0.29) is 13.0 Å². The van der Waals surface area contributed by atoms with Gasteiger partial charge in [0.15, 0.2) is 0 Å². The van der Waals surface area contributed by atoms with Crippen molar-refractivity contribution in [3.8, 4) is 0 Å². The molecule has 0 aromatic rings. The zero-order valence-corrected chi connectivity index (χ0v) is 17.9. The zero-order chi connectivity index (χ0) is 25.6. The largest absolute Gasteiger partial charge is 0.481 e. The monoisotopic (exact) mass is 477 g/mol. The van der Waals surface area contributed by atoms with Crippen LogP contribution in [0.2, 0.25) is 0 Å². The third-order valence-electron chi connectivity index (χ3n) is 4.39. The van der Waals surface area contributed by atoms with Crippen molar-refractivity contribution in [2.24, 2.45) is 11.5 Å². The number of carboxylic acid groups (broad SMARTS) is 3. The molecule has 15 heteroatoms. The Morgan fingerprint density at radius 1 is 0.727 bits per heavy atom. The maximum atomic E-state index is 12.7. The van der Waals surface area contributed by atoms with Crippen LogP contribution >= 0.6 is 0 Å². The highest BCUT2D eigenvalue weighted by molar-refractivity contribution is 5.94. The Bertz CT molecular complexity index is 717. The number of aliphatic hydroxyl groups excluding tert-OH is 1. The molecule has 188 valence electrons. The zero-order valence-electron chi connectivity index (χ0n) is 17.9. The molecule has 0 radical (unpaired) electrons. The molecular weight excluding hydrogens is 446 g/mol. The van der Waals surface area contributed by atoms with Crippen LogP contribution in [-0.4, -0.2) is 93.4 Å². The van der Waals surface area contributed by atoms with Crippen LogP contribution in [0.5, 0.6) is 0 Å². The van der Waals surface area contributed by atoms with E-state index in [1.165, 1.54) is 0 Å². The van der Waals surface area contributed by atoms with Crippen LogP contribution in [0.25, 0.3) is 0 Å². The van der Waals surface area contributed by atoms with E-state index in [4.69, 9.17) is 31.9 Å². The van der Waals surface area contributed by atoms with E-state index in [0.29, 0.717) is 12.8 Å². The first kappa shape index (κ1) is 29.7. The van der Waals surface area contributed by atoms with E-state index < -0.39 is 85.7 Å². The lowest BCUT2D eigenvalue weighted by atomic mass is 10.1. The molecule has 0 aliphatic carbocycles. The summed E-state index contributed by atoms with van der Waals surface area (Å²) in [6.07, 6.45) is -0.793. The average Bonchev–Trinajstić information content (AvgIpc) is 2.72. The Hall–Kier alpha value is -3.30. The molecule has 0 saturated heterocycles. The molecule has 0 aliphatic rings.